The van der Waals surface area contributed by atoms with Gasteiger partial charge >= 0.3 is 6.09 Å². The summed E-state index contributed by atoms with van der Waals surface area (Å²) in [4.78, 5) is 25.9. The van der Waals surface area contributed by atoms with Crippen LogP contribution in [0.5, 0.6) is 17.2 Å². The Kier molecular flexibility index (Phi) is 10.8. The lowest BCUT2D eigenvalue weighted by Crippen LogP contribution is -2.65. The van der Waals surface area contributed by atoms with Gasteiger partial charge in [-0.25, -0.2) is 4.79 Å². The van der Waals surface area contributed by atoms with Crippen LogP contribution in [-0.2, 0) is 20.6 Å². The van der Waals surface area contributed by atoms with E-state index in [4.69, 9.17) is 23.7 Å². The van der Waals surface area contributed by atoms with Crippen LogP contribution in [0.3, 0.4) is 0 Å². The Morgan fingerprint density at radius 1 is 1.08 bits per heavy atom. The number of benzene rings is 2. The molecule has 49 heavy (non-hydrogen) atoms. The smallest absolute Gasteiger partial charge is 0.407 e. The zero-order valence-electron chi connectivity index (χ0n) is 28.6. The lowest BCUT2D eigenvalue weighted by molar-refractivity contribution is -0.305. The lowest BCUT2D eigenvalue weighted by atomic mass is 9.89. The Bertz CT molecular complexity index is 1620. The summed E-state index contributed by atoms with van der Waals surface area (Å²) in [6.45, 7) is 8.95. The van der Waals surface area contributed by atoms with Gasteiger partial charge in [-0.15, -0.1) is 0 Å². The number of fused-ring (bicyclic) bond motifs is 1. The maximum absolute atomic E-state index is 13.1. The molecule has 1 saturated carbocycles. The fourth-order valence-electron chi connectivity index (χ4n) is 6.42. The first-order valence-corrected chi connectivity index (χ1v) is 16.4. The molecule has 2 amide bonds. The van der Waals surface area contributed by atoms with E-state index in [1.807, 2.05) is 19.9 Å². The molecule has 0 spiro atoms. The number of aliphatic hydroxyl groups is 3. The molecule has 13 heteroatoms. The summed E-state index contributed by atoms with van der Waals surface area (Å²) >= 11 is 0. The third kappa shape index (κ3) is 7.80. The number of nitrogens with one attached hydrogen (secondary N) is 2. The van der Waals surface area contributed by atoms with E-state index >= 15 is 0 Å². The second-order valence-corrected chi connectivity index (χ2v) is 13.4. The molecule has 5 rings (SSSR count). The fraction of sp³-hybridized carbons (Fsp3) is 0.500. The van der Waals surface area contributed by atoms with Gasteiger partial charge in [0.25, 0.3) is 5.91 Å². The molecule has 1 saturated heterocycles. The van der Waals surface area contributed by atoms with E-state index in [-0.39, 0.29) is 40.1 Å². The summed E-state index contributed by atoms with van der Waals surface area (Å²) in [5.74, 6) is -0.723. The predicted octanol–water partition coefficient (Wildman–Crippen LogP) is 4.50. The molecule has 5 atom stereocenters. The van der Waals surface area contributed by atoms with Gasteiger partial charge in [0.05, 0.1) is 11.2 Å². The number of allylic oxidation sites excluding steroid dienone is 2. The first kappa shape index (κ1) is 36.0. The summed E-state index contributed by atoms with van der Waals surface area (Å²) in [6.07, 6.45) is -1.01. The van der Waals surface area contributed by atoms with Crippen LogP contribution in [0.15, 0.2) is 47.7 Å². The largest absolute Gasteiger partial charge is 0.508 e. The number of hydrogen-bond acceptors (Lipinski definition) is 11. The van der Waals surface area contributed by atoms with Crippen molar-refractivity contribution in [3.05, 3.63) is 69.9 Å². The van der Waals surface area contributed by atoms with Crippen LogP contribution >= 0.6 is 0 Å². The van der Waals surface area contributed by atoms with Crippen molar-refractivity contribution in [2.75, 3.05) is 7.11 Å². The molecule has 6 N–H and O–H groups in total. The Hall–Kier alpha value is -4.30. The summed E-state index contributed by atoms with van der Waals surface area (Å²) < 4.78 is 29.3. The normalized spacial score (nSPS) is 24.8. The van der Waals surface area contributed by atoms with Crippen LogP contribution in [0.1, 0.15) is 80.4 Å². The number of phenols is 1. The number of carbonyl (C=O) groups is 2. The number of carbonyl (C=O) groups excluding carboxylic acids is 2. The van der Waals surface area contributed by atoms with Gasteiger partial charge in [-0.3, -0.25) is 4.79 Å². The van der Waals surface area contributed by atoms with E-state index < -0.39 is 54.3 Å². The topological polar surface area (TPSA) is 185 Å². The third-order valence-electron chi connectivity index (χ3n) is 9.10. The number of rotatable bonds is 9. The first-order valence-electron chi connectivity index (χ1n) is 16.4. The lowest BCUT2D eigenvalue weighted by Gasteiger charge is -2.47. The minimum atomic E-state index is -1.75. The first-order chi connectivity index (χ1) is 23.2. The van der Waals surface area contributed by atoms with Crippen molar-refractivity contribution in [2.24, 2.45) is 0 Å². The van der Waals surface area contributed by atoms with Gasteiger partial charge in [-0.2, -0.15) is 0 Å². The van der Waals surface area contributed by atoms with Gasteiger partial charge in [0.15, 0.2) is 18.0 Å². The molecule has 266 valence electrons. The second kappa shape index (κ2) is 14.7. The zero-order valence-corrected chi connectivity index (χ0v) is 28.6. The Morgan fingerprint density at radius 2 is 1.80 bits per heavy atom. The van der Waals surface area contributed by atoms with E-state index in [0.717, 1.165) is 31.3 Å². The van der Waals surface area contributed by atoms with Crippen molar-refractivity contribution in [2.45, 2.75) is 109 Å². The summed E-state index contributed by atoms with van der Waals surface area (Å²) in [7, 11) is 1.44. The minimum Gasteiger partial charge on any atom is -0.508 e. The van der Waals surface area contributed by atoms with E-state index in [1.54, 1.807) is 20.8 Å². The Balaban J connectivity index is 1.34. The van der Waals surface area contributed by atoms with Crippen LogP contribution in [0.2, 0.25) is 0 Å². The zero-order chi connectivity index (χ0) is 35.6. The molecule has 2 aromatic rings. The molecule has 3 aliphatic rings. The molecule has 0 radical (unpaired) electrons. The molecule has 1 aliphatic carbocycles. The average Bonchev–Trinajstić information content (AvgIpc) is 3.55. The Morgan fingerprint density at radius 3 is 2.47 bits per heavy atom. The highest BCUT2D eigenvalue weighted by molar-refractivity contribution is 5.96. The van der Waals surface area contributed by atoms with E-state index in [1.165, 1.54) is 37.4 Å². The van der Waals surface area contributed by atoms with Crippen LogP contribution in [0, 0.1) is 6.92 Å². The van der Waals surface area contributed by atoms with Gasteiger partial charge in [0.1, 0.15) is 29.0 Å². The van der Waals surface area contributed by atoms with Crippen LogP contribution in [0.4, 0.5) is 4.79 Å². The summed E-state index contributed by atoms with van der Waals surface area (Å²) in [5, 5.41) is 49.0. The Labute approximate surface area is 285 Å². The number of methoxy groups -OCH3 is 1. The van der Waals surface area contributed by atoms with Crippen molar-refractivity contribution in [1.82, 2.24) is 10.6 Å². The third-order valence-corrected chi connectivity index (χ3v) is 9.10. The molecule has 2 aromatic carbocycles. The summed E-state index contributed by atoms with van der Waals surface area (Å²) in [5.41, 5.74) is 1.01. The van der Waals surface area contributed by atoms with Gasteiger partial charge in [0, 0.05) is 24.3 Å². The molecular formula is C36H46N2O11. The van der Waals surface area contributed by atoms with Crippen LogP contribution in [-0.4, -0.2) is 82.1 Å². The number of aliphatic hydroxyl groups excluding tert-OH is 3. The van der Waals surface area contributed by atoms with E-state index in [2.05, 4.69) is 10.6 Å². The standard InChI is InChI=1S/C36H46N2O11/c1-18(2)11-12-20-17-21(13-15-24(20)39)32(42)38-26-27(40)23-14-16-25(19(3)29(23)47-33(26)43)46-34-28(41)30(31(45-6)36(4,5)49-34)48-35(44)37-22-9-7-8-10-22/h11,13-17,22,28,30-31,33-34,39-41,43H,7-10,12H2,1-6H3,(H,37,44)(H,38,42)/t28-,30+,31-,33?,34-/m1/s1. The maximum atomic E-state index is 13.1. The highest BCUT2D eigenvalue weighted by atomic mass is 16.7. The van der Waals surface area contributed by atoms with Crippen molar-refractivity contribution in [3.63, 3.8) is 0 Å². The number of ether oxygens (including phenoxy) is 5. The molecule has 2 fully saturated rings. The number of aromatic hydroxyl groups is 1. The van der Waals surface area contributed by atoms with E-state index in [0.29, 0.717) is 17.5 Å². The van der Waals surface area contributed by atoms with Crippen molar-refractivity contribution in [1.29, 1.82) is 0 Å². The van der Waals surface area contributed by atoms with E-state index in [9.17, 15) is 30.0 Å². The maximum Gasteiger partial charge on any atom is 0.407 e. The van der Waals surface area contributed by atoms with Crippen molar-refractivity contribution in [3.8, 4) is 17.2 Å². The van der Waals surface area contributed by atoms with Crippen molar-refractivity contribution < 1.29 is 53.7 Å². The van der Waals surface area contributed by atoms with Crippen molar-refractivity contribution >= 4 is 17.8 Å². The van der Waals surface area contributed by atoms with Gasteiger partial charge in [0.2, 0.25) is 12.6 Å². The monoisotopic (exact) mass is 682 g/mol. The number of hydrogen-bond donors (Lipinski definition) is 6. The van der Waals surface area contributed by atoms with Gasteiger partial charge in [-0.1, -0.05) is 24.5 Å². The molecule has 1 unspecified atom stereocenters. The molecule has 13 nitrogen and oxygen atoms in total. The number of amides is 2. The second-order valence-electron chi connectivity index (χ2n) is 13.4. The van der Waals surface area contributed by atoms with Gasteiger partial charge in [-0.05, 0) is 89.8 Å². The van der Waals surface area contributed by atoms with Crippen LogP contribution in [0.25, 0.3) is 5.76 Å². The minimum absolute atomic E-state index is 0.0107. The highest BCUT2D eigenvalue weighted by Gasteiger charge is 2.53. The highest BCUT2D eigenvalue weighted by Crippen LogP contribution is 2.42. The van der Waals surface area contributed by atoms with Gasteiger partial charge < -0.3 is 54.7 Å². The van der Waals surface area contributed by atoms with Crippen LogP contribution < -0.4 is 20.1 Å². The number of alkyl carbamates (subject to hydrolysis) is 1. The molecular weight excluding hydrogens is 636 g/mol. The predicted molar refractivity (Wildman–Crippen MR) is 178 cm³/mol. The molecule has 2 aliphatic heterocycles. The average molecular weight is 683 g/mol. The summed E-state index contributed by atoms with van der Waals surface area (Å²) in [6, 6.07) is 7.39. The fourth-order valence-corrected chi connectivity index (χ4v) is 6.42. The SMILES string of the molecule is CO[C@@H]1[C@@H](OC(=O)NC2CCCC2)[C@@H](O)[C@H](Oc2ccc3c(c2C)OC(O)C(NC(=O)c2ccc(O)c(CC=C(C)C)c2)=C3O)OC1(C)C. The quantitative estimate of drug-likeness (QED) is 0.205. The number of phenolic OH excluding ortho intramolecular Hbond substituents is 1. The molecule has 2 heterocycles. The molecule has 0 bridgehead atoms. The molecule has 0 aromatic heterocycles.